The Bertz CT molecular complexity index is 1610. The average molecular weight is 633 g/mol. The van der Waals surface area contributed by atoms with Gasteiger partial charge in [-0.3, -0.25) is 14.4 Å². The van der Waals surface area contributed by atoms with E-state index in [0.29, 0.717) is 46.7 Å². The van der Waals surface area contributed by atoms with Gasteiger partial charge in [0.05, 0.1) is 38.1 Å². The van der Waals surface area contributed by atoms with E-state index in [9.17, 15) is 14.4 Å². The highest BCUT2D eigenvalue weighted by Gasteiger charge is 2.61. The Morgan fingerprint density at radius 1 is 1.04 bits per heavy atom. The van der Waals surface area contributed by atoms with Crippen molar-refractivity contribution in [2.45, 2.75) is 65.5 Å². The minimum Gasteiger partial charge on any atom is -0.493 e. The molecule has 0 N–H and O–H groups in total. The number of carbonyl (C=O) groups is 3. The number of para-hydroxylation sites is 1. The van der Waals surface area contributed by atoms with Crippen LogP contribution in [0.5, 0.6) is 11.5 Å². The van der Waals surface area contributed by atoms with Gasteiger partial charge in [0.25, 0.3) is 5.91 Å². The molecule has 3 heterocycles. The number of rotatable bonds is 8. The Balaban J connectivity index is 1.42. The minimum atomic E-state index is -1.07. The quantitative estimate of drug-likeness (QED) is 0.204. The molecule has 2 aromatic carbocycles. The Kier molecular flexibility index (Phi) is 8.39. The number of hydroxylamine groups is 1. The maximum Gasteiger partial charge on any atom is 0.341 e. The van der Waals surface area contributed by atoms with E-state index in [-0.39, 0.29) is 5.41 Å². The summed E-state index contributed by atoms with van der Waals surface area (Å²) in [6, 6.07) is 14.3. The Labute approximate surface area is 268 Å². The van der Waals surface area contributed by atoms with Gasteiger partial charge in [0.15, 0.2) is 17.6 Å². The Morgan fingerprint density at radius 3 is 2.47 bits per heavy atom. The van der Waals surface area contributed by atoms with Crippen LogP contribution in [0.1, 0.15) is 72.9 Å². The molecule has 1 aromatic heterocycles. The number of carbonyl (C=O) groups excluding carboxylic acids is 3. The monoisotopic (exact) mass is 632 g/mol. The van der Waals surface area contributed by atoms with Gasteiger partial charge in [-0.25, -0.2) is 14.8 Å². The second-order valence-electron chi connectivity index (χ2n) is 12.9. The second kappa shape index (κ2) is 12.1. The van der Waals surface area contributed by atoms with E-state index >= 15 is 0 Å². The lowest BCUT2D eigenvalue weighted by Gasteiger charge is -2.33. The molecule has 45 heavy (non-hydrogen) atoms. The van der Waals surface area contributed by atoms with Gasteiger partial charge in [0.2, 0.25) is 5.91 Å². The first-order chi connectivity index (χ1) is 21.6. The molecule has 238 valence electrons. The highest BCUT2D eigenvalue weighted by atomic mass is 32.1. The summed E-state index contributed by atoms with van der Waals surface area (Å²) < 4.78 is 16.8. The van der Waals surface area contributed by atoms with Crippen molar-refractivity contribution in [1.82, 2.24) is 0 Å². The van der Waals surface area contributed by atoms with Gasteiger partial charge in [-0.1, -0.05) is 52.0 Å². The van der Waals surface area contributed by atoms with Gasteiger partial charge in [0.1, 0.15) is 10.9 Å². The number of hydrogen-bond donors (Lipinski definition) is 0. The molecule has 0 spiro atoms. The van der Waals surface area contributed by atoms with Gasteiger partial charge < -0.3 is 14.2 Å². The van der Waals surface area contributed by atoms with Crippen molar-refractivity contribution in [3.63, 3.8) is 0 Å². The minimum absolute atomic E-state index is 0.0870. The van der Waals surface area contributed by atoms with Gasteiger partial charge >= 0.3 is 5.97 Å². The van der Waals surface area contributed by atoms with E-state index in [2.05, 4.69) is 20.8 Å². The highest BCUT2D eigenvalue weighted by molar-refractivity contribution is 7.17. The third-order valence-electron chi connectivity index (χ3n) is 9.18. The summed E-state index contributed by atoms with van der Waals surface area (Å²) in [5.74, 6) is -0.756. The van der Waals surface area contributed by atoms with Gasteiger partial charge in [0, 0.05) is 4.88 Å². The summed E-state index contributed by atoms with van der Waals surface area (Å²) in [5, 5.41) is 1.98. The molecule has 3 aromatic rings. The number of methoxy groups -OCH3 is 2. The van der Waals surface area contributed by atoms with E-state index < -0.39 is 35.8 Å². The van der Waals surface area contributed by atoms with Crippen molar-refractivity contribution < 1.29 is 33.4 Å². The standard InChI is InChI=1S/C35H40N2O7S/c1-7-17-43-24-16-13-20(18-25(24)41-5)29-28-30(44-37(29)22-11-9-8-10-12-22)32(39)36(31(28)38)33-27(34(40)42-6)23-15-14-21(35(2,3)4)19-26(23)45-33/h8-13,16,18,21,28-30H,7,14-15,17,19H2,1-6H3/t21-,28+,29-,30-/m1/s1. The van der Waals surface area contributed by atoms with E-state index in [1.54, 1.807) is 12.2 Å². The fraction of sp³-hybridized carbons (Fsp3) is 0.457. The lowest BCUT2D eigenvalue weighted by atomic mass is 9.72. The number of hydrogen-bond acceptors (Lipinski definition) is 9. The maximum atomic E-state index is 14.5. The normalized spacial score (nSPS) is 22.8. The van der Waals surface area contributed by atoms with Crippen LogP contribution in [0, 0.1) is 17.3 Å². The number of esters is 1. The van der Waals surface area contributed by atoms with Gasteiger partial charge in [-0.15, -0.1) is 11.3 Å². The number of benzene rings is 2. The number of imide groups is 1. The van der Waals surface area contributed by atoms with Crippen LogP contribution in [0.4, 0.5) is 10.7 Å². The maximum absolute atomic E-state index is 14.5. The summed E-state index contributed by atoms with van der Waals surface area (Å²) in [7, 11) is 2.90. The van der Waals surface area contributed by atoms with Crippen molar-refractivity contribution in [1.29, 1.82) is 0 Å². The molecule has 1 aliphatic carbocycles. The number of ether oxygens (including phenoxy) is 3. The summed E-state index contributed by atoms with van der Waals surface area (Å²) in [6.45, 7) is 9.23. The molecule has 10 heteroatoms. The predicted octanol–water partition coefficient (Wildman–Crippen LogP) is 6.53. The molecule has 2 fully saturated rings. The third kappa shape index (κ3) is 5.37. The molecule has 0 radical (unpaired) electrons. The van der Waals surface area contributed by atoms with E-state index in [0.717, 1.165) is 35.3 Å². The van der Waals surface area contributed by atoms with Crippen molar-refractivity contribution in [2.24, 2.45) is 17.3 Å². The van der Waals surface area contributed by atoms with Crippen molar-refractivity contribution in [2.75, 3.05) is 30.8 Å². The number of amides is 2. The van der Waals surface area contributed by atoms with Crippen LogP contribution in [-0.4, -0.2) is 44.7 Å². The molecule has 0 bridgehead atoms. The lowest BCUT2D eigenvalue weighted by molar-refractivity contribution is -0.126. The zero-order valence-corrected chi connectivity index (χ0v) is 27.4. The largest absolute Gasteiger partial charge is 0.493 e. The zero-order chi connectivity index (χ0) is 32.0. The first-order valence-electron chi connectivity index (χ1n) is 15.5. The van der Waals surface area contributed by atoms with Crippen LogP contribution in [0.2, 0.25) is 0 Å². The van der Waals surface area contributed by atoms with Gasteiger partial charge in [-0.2, -0.15) is 0 Å². The van der Waals surface area contributed by atoms with Gasteiger partial charge in [-0.05, 0) is 72.4 Å². The summed E-state index contributed by atoms with van der Waals surface area (Å²) >= 11 is 1.36. The van der Waals surface area contributed by atoms with Crippen LogP contribution in [0.3, 0.4) is 0 Å². The number of fused-ring (bicyclic) bond motifs is 2. The molecule has 9 nitrogen and oxygen atoms in total. The van der Waals surface area contributed by atoms with Crippen LogP contribution in [-0.2, 0) is 32.0 Å². The first kappa shape index (κ1) is 31.1. The fourth-order valence-corrected chi connectivity index (χ4v) is 8.16. The van der Waals surface area contributed by atoms with Crippen molar-refractivity contribution in [3.05, 3.63) is 70.1 Å². The summed E-state index contributed by atoms with van der Waals surface area (Å²) in [4.78, 5) is 50.5. The Hall–Kier alpha value is -3.89. The molecule has 2 amide bonds. The first-order valence-corrected chi connectivity index (χ1v) is 16.3. The molecular formula is C35H40N2O7S. The average Bonchev–Trinajstić information content (AvgIpc) is 3.69. The molecule has 4 atom stereocenters. The molecule has 0 saturated carbocycles. The second-order valence-corrected chi connectivity index (χ2v) is 14.0. The predicted molar refractivity (Wildman–Crippen MR) is 172 cm³/mol. The molecule has 3 aliphatic rings. The smallest absolute Gasteiger partial charge is 0.341 e. The van der Waals surface area contributed by atoms with Crippen LogP contribution in [0.25, 0.3) is 0 Å². The van der Waals surface area contributed by atoms with Crippen molar-refractivity contribution in [3.8, 4) is 11.5 Å². The third-order valence-corrected chi connectivity index (χ3v) is 10.4. The topological polar surface area (TPSA) is 94.6 Å². The molecule has 2 saturated heterocycles. The molecule has 0 unspecified atom stereocenters. The number of anilines is 2. The summed E-state index contributed by atoms with van der Waals surface area (Å²) in [6.07, 6.45) is 2.16. The van der Waals surface area contributed by atoms with Crippen LogP contribution >= 0.6 is 11.3 Å². The zero-order valence-electron chi connectivity index (χ0n) is 26.6. The highest BCUT2D eigenvalue weighted by Crippen LogP contribution is 2.52. The SMILES string of the molecule is CCCOc1ccc([C@@H]2[C@@H]3C(=O)N(c4sc5c(c4C(=O)OC)CC[C@@H](C(C)(C)C)C5)C(=O)[C@@H]3ON2c2ccccc2)cc1OC. The summed E-state index contributed by atoms with van der Waals surface area (Å²) in [5.41, 5.74) is 2.74. The lowest BCUT2D eigenvalue weighted by Crippen LogP contribution is -2.37. The Morgan fingerprint density at radius 2 is 1.80 bits per heavy atom. The number of thiophene rings is 1. The van der Waals surface area contributed by atoms with E-state index in [1.807, 2.05) is 55.5 Å². The number of nitrogens with zero attached hydrogens (tertiary/aromatic N) is 2. The van der Waals surface area contributed by atoms with E-state index in [4.69, 9.17) is 19.0 Å². The van der Waals surface area contributed by atoms with Crippen LogP contribution < -0.4 is 19.4 Å². The fourth-order valence-electron chi connectivity index (χ4n) is 6.73. The molecule has 2 aliphatic heterocycles. The molecular weight excluding hydrogens is 592 g/mol. The van der Waals surface area contributed by atoms with Crippen LogP contribution in [0.15, 0.2) is 48.5 Å². The van der Waals surface area contributed by atoms with Crippen molar-refractivity contribution >= 4 is 39.8 Å². The molecule has 6 rings (SSSR count). The van der Waals surface area contributed by atoms with E-state index in [1.165, 1.54) is 23.3 Å².